The Morgan fingerprint density at radius 3 is 3.00 bits per heavy atom. The Morgan fingerprint density at radius 1 is 1.63 bits per heavy atom. The summed E-state index contributed by atoms with van der Waals surface area (Å²) in [6.07, 6.45) is 2.80. The highest BCUT2D eigenvalue weighted by molar-refractivity contribution is 5.58. The van der Waals surface area contributed by atoms with Crippen molar-refractivity contribution in [3.05, 3.63) is 40.1 Å². The topological polar surface area (TPSA) is 123 Å². The summed E-state index contributed by atoms with van der Waals surface area (Å²) in [6.45, 7) is 0.246. The van der Waals surface area contributed by atoms with Gasteiger partial charge in [-0.05, 0) is 0 Å². The molecule has 0 saturated heterocycles. The van der Waals surface area contributed by atoms with Gasteiger partial charge in [0.05, 0.1) is 17.0 Å². The van der Waals surface area contributed by atoms with Crippen molar-refractivity contribution in [2.75, 3.05) is 5.32 Å². The van der Waals surface area contributed by atoms with Crippen LogP contribution in [0.25, 0.3) is 0 Å². The molecule has 0 unspecified atom stereocenters. The van der Waals surface area contributed by atoms with Gasteiger partial charge in [0.1, 0.15) is 12.4 Å². The molecule has 0 aliphatic heterocycles. The van der Waals surface area contributed by atoms with Gasteiger partial charge in [-0.25, -0.2) is 4.98 Å². The number of nitriles is 1. The molecule has 96 valence electrons. The van der Waals surface area contributed by atoms with E-state index in [2.05, 4.69) is 20.5 Å². The Balaban J connectivity index is 2.23. The zero-order chi connectivity index (χ0) is 13.8. The fraction of sp³-hybridized carbons (Fsp3) is 0.200. The molecule has 2 rings (SSSR count). The second-order valence-corrected chi connectivity index (χ2v) is 3.67. The summed E-state index contributed by atoms with van der Waals surface area (Å²) in [6, 6.07) is 2.98. The fourth-order valence-corrected chi connectivity index (χ4v) is 1.42. The van der Waals surface area contributed by atoms with Crippen molar-refractivity contribution in [3.63, 3.8) is 0 Å². The van der Waals surface area contributed by atoms with Gasteiger partial charge in [-0.2, -0.15) is 5.26 Å². The lowest BCUT2D eigenvalue weighted by Crippen LogP contribution is -2.08. The van der Waals surface area contributed by atoms with E-state index in [-0.39, 0.29) is 23.6 Å². The van der Waals surface area contributed by atoms with Gasteiger partial charge in [-0.1, -0.05) is 0 Å². The highest BCUT2D eigenvalue weighted by Crippen LogP contribution is 2.22. The van der Waals surface area contributed by atoms with Gasteiger partial charge < -0.3 is 9.88 Å². The summed E-state index contributed by atoms with van der Waals surface area (Å²) in [5.74, 6) is 0.701. The molecule has 0 fully saturated rings. The first-order valence-electron chi connectivity index (χ1n) is 5.23. The number of nitrogens with zero attached hydrogens (tertiary/aromatic N) is 6. The predicted molar refractivity (Wildman–Crippen MR) is 63.9 cm³/mol. The zero-order valence-electron chi connectivity index (χ0n) is 9.94. The normalized spacial score (nSPS) is 9.89. The molecule has 9 nitrogen and oxygen atoms in total. The van der Waals surface area contributed by atoms with Gasteiger partial charge in [0.2, 0.25) is 5.82 Å². The molecule has 0 radical (unpaired) electrons. The van der Waals surface area contributed by atoms with Crippen molar-refractivity contribution in [2.45, 2.75) is 6.54 Å². The molecular formula is C10H9N7O2. The van der Waals surface area contributed by atoms with Crippen molar-refractivity contribution in [1.82, 2.24) is 19.7 Å². The number of aromatic nitrogens is 4. The quantitative estimate of drug-likeness (QED) is 0.629. The first kappa shape index (κ1) is 12.4. The van der Waals surface area contributed by atoms with E-state index in [9.17, 15) is 10.1 Å². The van der Waals surface area contributed by atoms with Crippen molar-refractivity contribution in [3.8, 4) is 6.07 Å². The molecular weight excluding hydrogens is 250 g/mol. The average molecular weight is 259 g/mol. The number of nitrogens with one attached hydrogen (secondary N) is 1. The lowest BCUT2D eigenvalue weighted by atomic mass is 10.3. The maximum atomic E-state index is 10.9. The molecule has 0 spiro atoms. The first-order chi connectivity index (χ1) is 9.11. The Hall–Kier alpha value is -3.02. The first-order valence-corrected chi connectivity index (χ1v) is 5.23. The standard InChI is InChI=1S/C10H9N7O2/c1-16-6-14-15-9(16)5-13-10-8(17(18)19)2-7(3-11)4-12-10/h2,4,6H,5H2,1H3,(H,12,13). The van der Waals surface area contributed by atoms with E-state index in [4.69, 9.17) is 5.26 Å². The van der Waals surface area contributed by atoms with Crippen LogP contribution in [0.4, 0.5) is 11.5 Å². The third-order valence-corrected chi connectivity index (χ3v) is 2.41. The summed E-state index contributed by atoms with van der Waals surface area (Å²) in [4.78, 5) is 14.2. The molecule has 0 bridgehead atoms. The van der Waals surface area contributed by atoms with E-state index >= 15 is 0 Å². The van der Waals surface area contributed by atoms with Crippen LogP contribution in [-0.4, -0.2) is 24.7 Å². The van der Waals surface area contributed by atoms with E-state index in [1.54, 1.807) is 11.6 Å². The minimum absolute atomic E-state index is 0.0898. The van der Waals surface area contributed by atoms with Crippen LogP contribution in [-0.2, 0) is 13.6 Å². The number of rotatable bonds is 4. The Labute approximate surface area is 107 Å². The van der Waals surface area contributed by atoms with Crippen LogP contribution >= 0.6 is 0 Å². The van der Waals surface area contributed by atoms with Crippen LogP contribution < -0.4 is 5.32 Å². The molecule has 0 saturated carbocycles. The number of nitro groups is 1. The second-order valence-electron chi connectivity index (χ2n) is 3.67. The van der Waals surface area contributed by atoms with E-state index in [0.717, 1.165) is 0 Å². The molecule has 0 aromatic carbocycles. The molecule has 2 heterocycles. The van der Waals surface area contributed by atoms with Crippen molar-refractivity contribution >= 4 is 11.5 Å². The number of aryl methyl sites for hydroxylation is 1. The van der Waals surface area contributed by atoms with Crippen LogP contribution in [0.15, 0.2) is 18.6 Å². The van der Waals surface area contributed by atoms with Crippen LogP contribution in [0.3, 0.4) is 0 Å². The van der Waals surface area contributed by atoms with Crippen LogP contribution in [0.2, 0.25) is 0 Å². The van der Waals surface area contributed by atoms with Gasteiger partial charge in [-0.15, -0.1) is 10.2 Å². The number of hydrogen-bond acceptors (Lipinski definition) is 7. The second kappa shape index (κ2) is 5.09. The predicted octanol–water partition coefficient (Wildman–Crippen LogP) is 0.602. The summed E-state index contributed by atoms with van der Waals surface area (Å²) in [5, 5.41) is 29.9. The van der Waals surface area contributed by atoms with E-state index in [1.165, 1.54) is 18.6 Å². The SMILES string of the molecule is Cn1cnnc1CNc1ncc(C#N)cc1[N+](=O)[O-]. The Kier molecular flexibility index (Phi) is 3.33. The van der Waals surface area contributed by atoms with Crippen LogP contribution in [0, 0.1) is 21.4 Å². The van der Waals surface area contributed by atoms with E-state index < -0.39 is 4.92 Å². The summed E-state index contributed by atoms with van der Waals surface area (Å²) >= 11 is 0. The minimum Gasteiger partial charge on any atom is -0.357 e. The molecule has 1 N–H and O–H groups in total. The largest absolute Gasteiger partial charge is 0.357 e. The van der Waals surface area contributed by atoms with Crippen molar-refractivity contribution < 1.29 is 4.92 Å². The summed E-state index contributed by atoms with van der Waals surface area (Å²) in [7, 11) is 1.76. The number of pyridine rings is 1. The third kappa shape index (κ3) is 2.63. The number of hydrogen-bond donors (Lipinski definition) is 1. The van der Waals surface area contributed by atoms with Crippen LogP contribution in [0.1, 0.15) is 11.4 Å². The van der Waals surface area contributed by atoms with Gasteiger partial charge >= 0.3 is 5.69 Å². The van der Waals surface area contributed by atoms with Gasteiger partial charge in [-0.3, -0.25) is 10.1 Å². The maximum absolute atomic E-state index is 10.9. The highest BCUT2D eigenvalue weighted by Gasteiger charge is 2.16. The molecule has 0 amide bonds. The van der Waals surface area contributed by atoms with Crippen molar-refractivity contribution in [1.29, 1.82) is 5.26 Å². The van der Waals surface area contributed by atoms with Crippen molar-refractivity contribution in [2.24, 2.45) is 7.05 Å². The minimum atomic E-state index is -0.590. The average Bonchev–Trinajstić information content (AvgIpc) is 2.81. The van der Waals surface area contributed by atoms with Gasteiger partial charge in [0.25, 0.3) is 0 Å². The van der Waals surface area contributed by atoms with E-state index in [0.29, 0.717) is 5.82 Å². The molecule has 2 aromatic rings. The van der Waals surface area contributed by atoms with Crippen LogP contribution in [0.5, 0.6) is 0 Å². The number of anilines is 1. The molecule has 19 heavy (non-hydrogen) atoms. The smallest absolute Gasteiger partial charge is 0.312 e. The highest BCUT2D eigenvalue weighted by atomic mass is 16.6. The van der Waals surface area contributed by atoms with Gasteiger partial charge in [0, 0.05) is 19.3 Å². The Morgan fingerprint density at radius 2 is 2.42 bits per heavy atom. The summed E-state index contributed by atoms with van der Waals surface area (Å²) in [5.41, 5.74) is -0.114. The molecule has 0 atom stereocenters. The molecule has 2 aromatic heterocycles. The molecule has 0 aliphatic carbocycles. The Bertz CT molecular complexity index is 658. The monoisotopic (exact) mass is 259 g/mol. The molecule has 0 aliphatic rings. The molecule has 9 heteroatoms. The fourth-order valence-electron chi connectivity index (χ4n) is 1.42. The van der Waals surface area contributed by atoms with Gasteiger partial charge in [0.15, 0.2) is 5.82 Å². The van der Waals surface area contributed by atoms with E-state index in [1.807, 2.05) is 6.07 Å². The lowest BCUT2D eigenvalue weighted by Gasteiger charge is -2.05. The third-order valence-electron chi connectivity index (χ3n) is 2.41. The maximum Gasteiger partial charge on any atom is 0.312 e. The lowest BCUT2D eigenvalue weighted by molar-refractivity contribution is -0.384. The summed E-state index contributed by atoms with van der Waals surface area (Å²) < 4.78 is 1.68. The zero-order valence-corrected chi connectivity index (χ0v) is 9.94.